The predicted octanol–water partition coefficient (Wildman–Crippen LogP) is 2.80. The molecule has 0 spiro atoms. The highest BCUT2D eigenvalue weighted by atomic mass is 16.3. The largest absolute Gasteiger partial charge is 0.468 e. The molecule has 0 bridgehead atoms. The minimum Gasteiger partial charge on any atom is -0.468 e. The van der Waals surface area contributed by atoms with E-state index in [9.17, 15) is 0 Å². The first-order chi connectivity index (χ1) is 9.93. The first-order valence-electron chi connectivity index (χ1n) is 8.08. The van der Waals surface area contributed by atoms with Crippen LogP contribution in [0.25, 0.3) is 0 Å². The summed E-state index contributed by atoms with van der Waals surface area (Å²) in [7, 11) is 4.26. The van der Waals surface area contributed by atoms with Crippen molar-refractivity contribution in [3.8, 4) is 0 Å². The van der Waals surface area contributed by atoms with Crippen molar-refractivity contribution in [2.45, 2.75) is 46.8 Å². The van der Waals surface area contributed by atoms with Crippen molar-refractivity contribution in [1.29, 1.82) is 0 Å². The maximum atomic E-state index is 5.65. The highest BCUT2D eigenvalue weighted by Crippen LogP contribution is 2.15. The molecule has 1 rings (SSSR count). The van der Waals surface area contributed by atoms with Gasteiger partial charge in [0.05, 0.1) is 12.8 Å². The molecule has 0 radical (unpaired) electrons. The highest BCUT2D eigenvalue weighted by molar-refractivity contribution is 5.17. The molecule has 1 atom stereocenters. The zero-order valence-electron chi connectivity index (χ0n) is 14.6. The van der Waals surface area contributed by atoms with Gasteiger partial charge < -0.3 is 14.6 Å². The summed E-state index contributed by atoms with van der Waals surface area (Å²) in [5.41, 5.74) is 1.30. The van der Waals surface area contributed by atoms with Crippen molar-refractivity contribution >= 4 is 0 Å². The molecule has 1 unspecified atom stereocenters. The first-order valence-corrected chi connectivity index (χ1v) is 8.08. The van der Waals surface area contributed by atoms with Crippen LogP contribution in [-0.4, -0.2) is 49.6 Å². The molecule has 0 aliphatic rings. The lowest BCUT2D eigenvalue weighted by molar-refractivity contribution is 0.173. The molecule has 21 heavy (non-hydrogen) atoms. The molecule has 0 saturated carbocycles. The van der Waals surface area contributed by atoms with E-state index < -0.39 is 0 Å². The Balaban J connectivity index is 2.58. The van der Waals surface area contributed by atoms with E-state index in [-0.39, 0.29) is 0 Å². The van der Waals surface area contributed by atoms with Gasteiger partial charge in [-0.2, -0.15) is 0 Å². The first kappa shape index (κ1) is 18.2. The fourth-order valence-electron chi connectivity index (χ4n) is 2.58. The van der Waals surface area contributed by atoms with E-state index in [1.165, 1.54) is 5.56 Å². The third kappa shape index (κ3) is 6.64. The Morgan fingerprint density at radius 2 is 1.95 bits per heavy atom. The minimum absolute atomic E-state index is 0.538. The van der Waals surface area contributed by atoms with Gasteiger partial charge in [0.2, 0.25) is 0 Å². The van der Waals surface area contributed by atoms with Crippen LogP contribution in [0, 0.1) is 5.92 Å². The molecule has 0 aliphatic heterocycles. The van der Waals surface area contributed by atoms with Gasteiger partial charge in [0.1, 0.15) is 5.76 Å². The van der Waals surface area contributed by atoms with Crippen molar-refractivity contribution in [3.05, 3.63) is 23.7 Å². The number of furan rings is 1. The summed E-state index contributed by atoms with van der Waals surface area (Å²) in [4.78, 5) is 4.74. The maximum Gasteiger partial charge on any atom is 0.122 e. The summed E-state index contributed by atoms with van der Waals surface area (Å²) in [6, 6.07) is 2.65. The summed E-state index contributed by atoms with van der Waals surface area (Å²) >= 11 is 0. The molecule has 1 heterocycles. The van der Waals surface area contributed by atoms with Gasteiger partial charge in [0.25, 0.3) is 0 Å². The van der Waals surface area contributed by atoms with Crippen LogP contribution in [0.1, 0.15) is 39.0 Å². The van der Waals surface area contributed by atoms with Crippen molar-refractivity contribution in [2.24, 2.45) is 5.92 Å². The van der Waals surface area contributed by atoms with Crippen LogP contribution in [0.15, 0.2) is 16.7 Å². The number of hydrogen-bond donors (Lipinski definition) is 1. The second kappa shape index (κ2) is 9.23. The zero-order valence-corrected chi connectivity index (χ0v) is 14.6. The molecule has 122 valence electrons. The summed E-state index contributed by atoms with van der Waals surface area (Å²) in [6.07, 6.45) is 1.81. The predicted molar refractivity (Wildman–Crippen MR) is 89.4 cm³/mol. The molecular formula is C17H33N3O. The van der Waals surface area contributed by atoms with Gasteiger partial charge in [-0.05, 0) is 46.1 Å². The van der Waals surface area contributed by atoms with Gasteiger partial charge in [0, 0.05) is 24.7 Å². The van der Waals surface area contributed by atoms with E-state index in [4.69, 9.17) is 4.42 Å². The normalized spacial score (nSPS) is 13.6. The van der Waals surface area contributed by atoms with E-state index in [0.29, 0.717) is 12.0 Å². The fourth-order valence-corrected chi connectivity index (χ4v) is 2.58. The van der Waals surface area contributed by atoms with Crippen LogP contribution >= 0.6 is 0 Å². The molecule has 1 aromatic rings. The molecule has 4 heteroatoms. The molecule has 0 amide bonds. The Morgan fingerprint density at radius 3 is 2.52 bits per heavy atom. The molecule has 4 nitrogen and oxygen atoms in total. The van der Waals surface area contributed by atoms with E-state index in [2.05, 4.69) is 63.0 Å². The van der Waals surface area contributed by atoms with Gasteiger partial charge in [-0.1, -0.05) is 20.8 Å². The van der Waals surface area contributed by atoms with Crippen molar-refractivity contribution < 1.29 is 4.42 Å². The van der Waals surface area contributed by atoms with E-state index >= 15 is 0 Å². The Kier molecular flexibility index (Phi) is 8.01. The van der Waals surface area contributed by atoms with Crippen molar-refractivity contribution in [2.75, 3.05) is 33.7 Å². The van der Waals surface area contributed by atoms with E-state index in [0.717, 1.165) is 38.5 Å². The molecule has 0 fully saturated rings. The summed E-state index contributed by atoms with van der Waals surface area (Å²) in [6.45, 7) is 13.9. The van der Waals surface area contributed by atoms with Gasteiger partial charge in [-0.15, -0.1) is 0 Å². The summed E-state index contributed by atoms with van der Waals surface area (Å²) in [5.74, 6) is 1.74. The topological polar surface area (TPSA) is 31.7 Å². The smallest absolute Gasteiger partial charge is 0.122 e. The third-order valence-corrected chi connectivity index (χ3v) is 3.71. The number of nitrogens with zero attached hydrogens (tertiary/aromatic N) is 2. The monoisotopic (exact) mass is 295 g/mol. The van der Waals surface area contributed by atoms with Gasteiger partial charge >= 0.3 is 0 Å². The molecular weight excluding hydrogens is 262 g/mol. The van der Waals surface area contributed by atoms with Crippen LogP contribution in [-0.2, 0) is 13.1 Å². The van der Waals surface area contributed by atoms with Crippen LogP contribution < -0.4 is 5.32 Å². The number of hydrogen-bond acceptors (Lipinski definition) is 4. The third-order valence-electron chi connectivity index (χ3n) is 3.71. The average molecular weight is 295 g/mol. The highest BCUT2D eigenvalue weighted by Gasteiger charge is 2.16. The zero-order chi connectivity index (χ0) is 15.8. The Morgan fingerprint density at radius 1 is 1.24 bits per heavy atom. The SMILES string of the molecule is CCN(Cc1ccoc1CNCC(C)C)C(C)CN(C)C. The Bertz CT molecular complexity index is 387. The van der Waals surface area contributed by atoms with Gasteiger partial charge in [-0.3, -0.25) is 4.90 Å². The summed E-state index contributed by atoms with van der Waals surface area (Å²) < 4.78 is 5.65. The minimum atomic E-state index is 0.538. The number of likely N-dealkylation sites (N-methyl/N-ethyl adjacent to an activating group) is 2. The molecule has 0 aliphatic carbocycles. The van der Waals surface area contributed by atoms with Crippen LogP contribution in [0.4, 0.5) is 0 Å². The lowest BCUT2D eigenvalue weighted by atomic mass is 10.1. The Hall–Kier alpha value is -0.840. The van der Waals surface area contributed by atoms with Crippen molar-refractivity contribution in [1.82, 2.24) is 15.1 Å². The maximum absolute atomic E-state index is 5.65. The second-order valence-corrected chi connectivity index (χ2v) is 6.57. The van der Waals surface area contributed by atoms with Gasteiger partial charge in [-0.25, -0.2) is 0 Å². The molecule has 1 aromatic heterocycles. The van der Waals surface area contributed by atoms with E-state index in [1.807, 2.05) is 6.26 Å². The van der Waals surface area contributed by atoms with Gasteiger partial charge in [0.15, 0.2) is 0 Å². The lowest BCUT2D eigenvalue weighted by Gasteiger charge is -2.29. The Labute approximate surface area is 130 Å². The fraction of sp³-hybridized carbons (Fsp3) is 0.765. The lowest BCUT2D eigenvalue weighted by Crippen LogP contribution is -2.39. The van der Waals surface area contributed by atoms with Crippen LogP contribution in [0.5, 0.6) is 0 Å². The summed E-state index contributed by atoms with van der Waals surface area (Å²) in [5, 5.41) is 3.46. The average Bonchev–Trinajstić information content (AvgIpc) is 2.82. The quantitative estimate of drug-likeness (QED) is 0.719. The standard InChI is InChI=1S/C17H33N3O/c1-7-20(15(4)12-19(5)6)13-16-8-9-21-17(16)11-18-10-14(2)3/h8-9,14-15,18H,7,10-13H2,1-6H3. The van der Waals surface area contributed by atoms with Crippen molar-refractivity contribution in [3.63, 3.8) is 0 Å². The van der Waals surface area contributed by atoms with E-state index in [1.54, 1.807) is 0 Å². The molecule has 1 N–H and O–H groups in total. The molecule has 0 aromatic carbocycles. The van der Waals surface area contributed by atoms with Crippen LogP contribution in [0.2, 0.25) is 0 Å². The number of nitrogens with one attached hydrogen (secondary N) is 1. The molecule has 0 saturated heterocycles. The van der Waals surface area contributed by atoms with Crippen LogP contribution in [0.3, 0.4) is 0 Å². The second-order valence-electron chi connectivity index (χ2n) is 6.57. The number of rotatable bonds is 10.